The van der Waals surface area contributed by atoms with E-state index in [1.54, 1.807) is 13.1 Å². The van der Waals surface area contributed by atoms with Crippen LogP contribution in [0.15, 0.2) is 36.4 Å². The quantitative estimate of drug-likeness (QED) is 0.786. The summed E-state index contributed by atoms with van der Waals surface area (Å²) in [6.07, 6.45) is 0. The molecule has 0 bridgehead atoms. The van der Waals surface area contributed by atoms with Crippen molar-refractivity contribution < 1.29 is 9.59 Å². The molecule has 0 radical (unpaired) electrons. The first-order valence-corrected chi connectivity index (χ1v) is 7.53. The highest BCUT2D eigenvalue weighted by atomic mass is 16.2. The fourth-order valence-corrected chi connectivity index (χ4v) is 3.59. The fourth-order valence-electron chi connectivity index (χ4n) is 3.59. The van der Waals surface area contributed by atoms with Crippen LogP contribution in [-0.4, -0.2) is 23.8 Å². The smallest absolute Gasteiger partial charge is 0.276 e. The average molecular weight is 307 g/mol. The molecule has 0 fully saturated rings. The minimum atomic E-state index is -1.20. The standard InChI is InChI=1S/C18H17N3O2/c1-10-8-11(2)15-13(9-10)18(17(23)19-15)20-14-7-5-4-6-12(14)16(22)21(18)3/h4-9,20H,1-3H3,(H,19,23)/t18-/m1/s1. The van der Waals surface area contributed by atoms with E-state index >= 15 is 0 Å². The van der Waals surface area contributed by atoms with Crippen molar-refractivity contribution in [1.29, 1.82) is 0 Å². The van der Waals surface area contributed by atoms with Gasteiger partial charge in [-0.25, -0.2) is 0 Å². The van der Waals surface area contributed by atoms with E-state index in [2.05, 4.69) is 10.6 Å². The highest BCUT2D eigenvalue weighted by Gasteiger charge is 2.55. The molecule has 0 unspecified atom stereocenters. The molecule has 1 atom stereocenters. The van der Waals surface area contributed by atoms with Gasteiger partial charge in [-0.15, -0.1) is 0 Å². The Balaban J connectivity index is 2.00. The van der Waals surface area contributed by atoms with Crippen molar-refractivity contribution in [2.75, 3.05) is 17.7 Å². The van der Waals surface area contributed by atoms with Crippen LogP contribution in [0.25, 0.3) is 0 Å². The molecule has 5 nitrogen and oxygen atoms in total. The predicted octanol–water partition coefficient (Wildman–Crippen LogP) is 2.61. The minimum Gasteiger partial charge on any atom is -0.350 e. The second-order valence-corrected chi connectivity index (χ2v) is 6.20. The van der Waals surface area contributed by atoms with Gasteiger partial charge in [-0.05, 0) is 37.6 Å². The number of hydrogen-bond donors (Lipinski definition) is 2. The molecule has 23 heavy (non-hydrogen) atoms. The van der Waals surface area contributed by atoms with Crippen molar-refractivity contribution in [3.63, 3.8) is 0 Å². The summed E-state index contributed by atoms with van der Waals surface area (Å²) < 4.78 is 0. The Morgan fingerprint density at radius 1 is 1.09 bits per heavy atom. The van der Waals surface area contributed by atoms with Crippen LogP contribution < -0.4 is 10.6 Å². The Morgan fingerprint density at radius 2 is 1.83 bits per heavy atom. The first-order valence-electron chi connectivity index (χ1n) is 7.53. The van der Waals surface area contributed by atoms with Crippen molar-refractivity contribution >= 4 is 23.2 Å². The van der Waals surface area contributed by atoms with Crippen LogP contribution in [0.3, 0.4) is 0 Å². The number of benzene rings is 2. The van der Waals surface area contributed by atoms with Crippen LogP contribution in [0.4, 0.5) is 11.4 Å². The molecule has 2 heterocycles. The number of nitrogens with zero attached hydrogens (tertiary/aromatic N) is 1. The first kappa shape index (κ1) is 13.8. The van der Waals surface area contributed by atoms with Crippen LogP contribution in [0.5, 0.6) is 0 Å². The molecular weight excluding hydrogens is 290 g/mol. The molecule has 0 saturated carbocycles. The maximum absolute atomic E-state index is 12.9. The molecule has 0 aromatic heterocycles. The third-order valence-corrected chi connectivity index (χ3v) is 4.72. The van der Waals surface area contributed by atoms with Gasteiger partial charge in [0.25, 0.3) is 11.8 Å². The third-order valence-electron chi connectivity index (χ3n) is 4.72. The number of rotatable bonds is 0. The lowest BCUT2D eigenvalue weighted by molar-refractivity contribution is -0.124. The van der Waals surface area contributed by atoms with Gasteiger partial charge in [0.15, 0.2) is 0 Å². The second kappa shape index (κ2) is 4.35. The highest BCUT2D eigenvalue weighted by Crippen LogP contribution is 2.45. The Bertz CT molecular complexity index is 875. The zero-order valence-corrected chi connectivity index (χ0v) is 13.2. The van der Waals surface area contributed by atoms with E-state index in [4.69, 9.17) is 0 Å². The molecule has 2 aliphatic rings. The average Bonchev–Trinajstić information content (AvgIpc) is 2.79. The van der Waals surface area contributed by atoms with E-state index in [-0.39, 0.29) is 11.8 Å². The predicted molar refractivity (Wildman–Crippen MR) is 88.4 cm³/mol. The zero-order chi connectivity index (χ0) is 16.4. The summed E-state index contributed by atoms with van der Waals surface area (Å²) >= 11 is 0. The lowest BCUT2D eigenvalue weighted by Gasteiger charge is -2.42. The number of carbonyl (C=O) groups excluding carboxylic acids is 2. The van der Waals surface area contributed by atoms with Gasteiger partial charge in [-0.3, -0.25) is 9.59 Å². The molecule has 4 rings (SSSR count). The van der Waals surface area contributed by atoms with Crippen LogP contribution in [0, 0.1) is 13.8 Å². The lowest BCUT2D eigenvalue weighted by atomic mass is 9.91. The number of hydrogen-bond acceptors (Lipinski definition) is 3. The Labute approximate surface area is 134 Å². The topological polar surface area (TPSA) is 61.4 Å². The summed E-state index contributed by atoms with van der Waals surface area (Å²) in [6, 6.07) is 11.3. The number of anilines is 2. The monoisotopic (exact) mass is 307 g/mol. The van der Waals surface area contributed by atoms with Crippen LogP contribution in [0.1, 0.15) is 27.0 Å². The number of likely N-dealkylation sites (N-methyl/N-ethyl adjacent to an activating group) is 1. The molecule has 2 aromatic carbocycles. The van der Waals surface area contributed by atoms with Gasteiger partial charge < -0.3 is 15.5 Å². The maximum atomic E-state index is 12.9. The Kier molecular flexibility index (Phi) is 2.61. The van der Waals surface area contributed by atoms with Crippen molar-refractivity contribution in [1.82, 2.24) is 4.90 Å². The summed E-state index contributed by atoms with van der Waals surface area (Å²) in [4.78, 5) is 27.2. The summed E-state index contributed by atoms with van der Waals surface area (Å²) in [7, 11) is 1.66. The molecule has 2 N–H and O–H groups in total. The molecule has 116 valence electrons. The van der Waals surface area contributed by atoms with Gasteiger partial charge >= 0.3 is 0 Å². The number of para-hydroxylation sites is 1. The zero-order valence-electron chi connectivity index (χ0n) is 13.2. The Morgan fingerprint density at radius 3 is 2.61 bits per heavy atom. The molecule has 2 aromatic rings. The minimum absolute atomic E-state index is 0.165. The molecule has 2 aliphatic heterocycles. The Hall–Kier alpha value is -2.82. The van der Waals surface area contributed by atoms with Gasteiger partial charge in [0.1, 0.15) is 0 Å². The summed E-state index contributed by atoms with van der Waals surface area (Å²) in [6.45, 7) is 3.95. The van der Waals surface area contributed by atoms with Crippen molar-refractivity contribution in [3.8, 4) is 0 Å². The van der Waals surface area contributed by atoms with Crippen molar-refractivity contribution in [2.24, 2.45) is 0 Å². The van der Waals surface area contributed by atoms with Crippen LogP contribution in [0.2, 0.25) is 0 Å². The summed E-state index contributed by atoms with van der Waals surface area (Å²) in [5.74, 6) is -0.395. The number of fused-ring (bicyclic) bond motifs is 3. The lowest BCUT2D eigenvalue weighted by Crippen LogP contribution is -2.59. The third kappa shape index (κ3) is 1.62. The van der Waals surface area contributed by atoms with E-state index in [1.165, 1.54) is 4.90 Å². The molecule has 0 saturated heterocycles. The van der Waals surface area contributed by atoms with E-state index in [0.717, 1.165) is 22.4 Å². The normalized spacial score (nSPS) is 21.8. The van der Waals surface area contributed by atoms with Gasteiger partial charge in [0, 0.05) is 18.3 Å². The number of nitrogens with one attached hydrogen (secondary N) is 2. The van der Waals surface area contributed by atoms with E-state index < -0.39 is 5.66 Å². The van der Waals surface area contributed by atoms with Gasteiger partial charge in [0.05, 0.1) is 11.3 Å². The molecule has 0 aliphatic carbocycles. The van der Waals surface area contributed by atoms with Gasteiger partial charge in [-0.2, -0.15) is 0 Å². The van der Waals surface area contributed by atoms with Crippen LogP contribution >= 0.6 is 0 Å². The number of carbonyl (C=O) groups is 2. The second-order valence-electron chi connectivity index (χ2n) is 6.20. The molecule has 1 spiro atoms. The number of amides is 2. The van der Waals surface area contributed by atoms with E-state index in [0.29, 0.717) is 11.3 Å². The van der Waals surface area contributed by atoms with E-state index in [9.17, 15) is 9.59 Å². The van der Waals surface area contributed by atoms with E-state index in [1.807, 2.05) is 44.2 Å². The molecular formula is C18H17N3O2. The fraction of sp³-hybridized carbons (Fsp3) is 0.222. The first-order chi connectivity index (χ1) is 10.9. The maximum Gasteiger partial charge on any atom is 0.276 e. The largest absolute Gasteiger partial charge is 0.350 e. The van der Waals surface area contributed by atoms with Crippen LogP contribution in [-0.2, 0) is 10.5 Å². The SMILES string of the molecule is Cc1cc(C)c2c(c1)[C@]1(Nc3ccccc3C(=O)N1C)C(=O)N2. The molecule has 5 heteroatoms. The van der Waals surface area contributed by atoms with Crippen molar-refractivity contribution in [3.05, 3.63) is 58.7 Å². The van der Waals surface area contributed by atoms with Gasteiger partial charge in [-0.1, -0.05) is 23.8 Å². The number of aryl methyl sites for hydroxylation is 2. The molecule has 2 amide bonds. The summed E-state index contributed by atoms with van der Waals surface area (Å²) in [5, 5.41) is 6.25. The summed E-state index contributed by atoms with van der Waals surface area (Å²) in [5.41, 5.74) is 3.68. The van der Waals surface area contributed by atoms with Gasteiger partial charge in [0.2, 0.25) is 5.66 Å². The highest BCUT2D eigenvalue weighted by molar-refractivity contribution is 6.14. The van der Waals surface area contributed by atoms with Crippen molar-refractivity contribution in [2.45, 2.75) is 19.5 Å².